The molecule has 4 N–H and O–H groups in total. The van der Waals surface area contributed by atoms with E-state index in [2.05, 4.69) is 40.4 Å². The van der Waals surface area contributed by atoms with Gasteiger partial charge in [-0.15, -0.1) is 12.8 Å². The first-order valence-electron chi connectivity index (χ1n) is 17.5. The number of nitrogens with zero attached hydrogens (tertiary/aromatic N) is 4. The molecular formula is C38H66N6O5. The van der Waals surface area contributed by atoms with Crippen molar-refractivity contribution in [3.63, 3.8) is 0 Å². The van der Waals surface area contributed by atoms with Gasteiger partial charge in [-0.3, -0.25) is 14.4 Å². The van der Waals surface area contributed by atoms with E-state index < -0.39 is 5.92 Å². The maximum absolute atomic E-state index is 13.5. The lowest BCUT2D eigenvalue weighted by molar-refractivity contribution is -0.132. The molecule has 3 heterocycles. The van der Waals surface area contributed by atoms with Crippen molar-refractivity contribution in [2.75, 3.05) is 45.3 Å². The third kappa shape index (κ3) is 14.5. The van der Waals surface area contributed by atoms with Crippen molar-refractivity contribution in [2.24, 2.45) is 29.2 Å². The number of hydrogen-bond donors (Lipinski definition) is 2. The number of aromatic nitrogens is 2. The second-order valence-corrected chi connectivity index (χ2v) is 13.4. The van der Waals surface area contributed by atoms with Gasteiger partial charge in [0.15, 0.2) is 11.6 Å². The molecule has 5 rings (SSSR count). The van der Waals surface area contributed by atoms with E-state index >= 15 is 0 Å². The number of amides is 1. The van der Waals surface area contributed by atoms with Crippen LogP contribution in [0.15, 0.2) is 11.6 Å². The molecule has 11 nitrogen and oxygen atoms in total. The van der Waals surface area contributed by atoms with Crippen LogP contribution in [0.5, 0.6) is 5.88 Å². The molecule has 2 saturated heterocycles. The van der Waals surface area contributed by atoms with E-state index in [1.807, 2.05) is 47.6 Å². The van der Waals surface area contributed by atoms with E-state index in [0.29, 0.717) is 54.9 Å². The Kier molecular flexibility index (Phi) is 21.4. The molecule has 4 fully saturated rings. The fourth-order valence-corrected chi connectivity index (χ4v) is 5.97. The van der Waals surface area contributed by atoms with E-state index in [1.165, 1.54) is 12.8 Å². The van der Waals surface area contributed by atoms with E-state index in [-0.39, 0.29) is 31.0 Å². The number of ether oxygens (including phenoxy) is 2. The van der Waals surface area contributed by atoms with Crippen molar-refractivity contribution in [1.82, 2.24) is 14.9 Å². The molecule has 2 saturated carbocycles. The summed E-state index contributed by atoms with van der Waals surface area (Å²) in [7, 11) is 3.84. The van der Waals surface area contributed by atoms with Crippen LogP contribution in [0.4, 0.5) is 5.82 Å². The summed E-state index contributed by atoms with van der Waals surface area (Å²) >= 11 is 0. The van der Waals surface area contributed by atoms with Gasteiger partial charge in [0, 0.05) is 44.3 Å². The number of piperidine rings is 1. The molecule has 1 aromatic heterocycles. The Hall–Kier alpha value is -3.49. The fraction of sp³-hybridized carbons (Fsp3) is 0.711. The molecule has 4 aliphatic rings. The maximum atomic E-state index is 13.5. The fourth-order valence-electron chi connectivity index (χ4n) is 5.97. The highest BCUT2D eigenvalue weighted by Gasteiger charge is 2.45. The number of primary amides is 1. The van der Waals surface area contributed by atoms with Gasteiger partial charge in [-0.05, 0) is 84.7 Å². The molecule has 2 aliphatic heterocycles. The number of likely N-dealkylation sites (N-methyl/N-ethyl adjacent to an activating group) is 1. The van der Waals surface area contributed by atoms with Crippen LogP contribution >= 0.6 is 0 Å². The molecule has 0 aromatic carbocycles. The van der Waals surface area contributed by atoms with Gasteiger partial charge >= 0.3 is 0 Å². The molecule has 2 aliphatic carbocycles. The van der Waals surface area contributed by atoms with Crippen LogP contribution in [0, 0.1) is 30.6 Å². The number of hydrogen-bond acceptors (Lipinski definition) is 10. The molecule has 11 heteroatoms. The summed E-state index contributed by atoms with van der Waals surface area (Å²) in [5.74, 6) is 2.51. The summed E-state index contributed by atoms with van der Waals surface area (Å²) in [4.78, 5) is 48.7. The average molecular weight is 687 g/mol. The number of rotatable bonds is 9. The molecule has 278 valence electrons. The van der Waals surface area contributed by atoms with E-state index in [1.54, 1.807) is 7.11 Å². The molecule has 0 radical (unpaired) electrons. The number of likely N-dealkylation sites (tertiary alicyclic amines) is 1. The quantitative estimate of drug-likeness (QED) is 0.144. The van der Waals surface area contributed by atoms with Crippen LogP contribution in [0.3, 0.4) is 0 Å². The van der Waals surface area contributed by atoms with Crippen molar-refractivity contribution in [3.8, 4) is 18.7 Å². The lowest BCUT2D eigenvalue weighted by Gasteiger charge is -2.23. The van der Waals surface area contributed by atoms with Gasteiger partial charge in [-0.1, -0.05) is 41.0 Å². The smallest absolute Gasteiger partial charge is 0.219 e. The van der Waals surface area contributed by atoms with Crippen LogP contribution < -0.4 is 21.1 Å². The Morgan fingerprint density at radius 1 is 1.10 bits per heavy atom. The monoisotopic (exact) mass is 687 g/mol. The lowest BCUT2D eigenvalue weighted by atomic mass is 9.81. The topological polar surface area (TPSA) is 154 Å². The van der Waals surface area contributed by atoms with Gasteiger partial charge in [0.25, 0.3) is 0 Å². The number of Topliss-reactive ketones (excluding diaryl/α,β-unsaturated/α-hetero) is 2. The highest BCUT2D eigenvalue weighted by Crippen LogP contribution is 2.46. The van der Waals surface area contributed by atoms with E-state index in [9.17, 15) is 9.59 Å². The van der Waals surface area contributed by atoms with Gasteiger partial charge in [-0.25, -0.2) is 4.98 Å². The third-order valence-corrected chi connectivity index (χ3v) is 8.93. The van der Waals surface area contributed by atoms with Gasteiger partial charge in [-0.2, -0.15) is 4.98 Å². The first-order valence-corrected chi connectivity index (χ1v) is 17.5. The second-order valence-electron chi connectivity index (χ2n) is 13.4. The Morgan fingerprint density at radius 3 is 2.18 bits per heavy atom. The number of ketones is 2. The molecule has 0 bridgehead atoms. The molecule has 0 spiro atoms. The normalized spacial score (nSPS) is 22.7. The minimum atomic E-state index is -0.577. The molecule has 1 amide bonds. The molecule has 49 heavy (non-hydrogen) atoms. The standard InChI is InChI=1S/C27H39N5O3.C5H12O.C2H6.C2H2.CH3NO.CH4/c1-3-7-21(26(34)20-9-4-5-10-22(20)33)25(28)27-29-23(32-14-17-12-18(17)15-32)13-24(30-27)35-16-19-8-6-11-31(19)2;1-5(2,3)6-4;2*1-2;2-1-3;/h13,17-20H,3-12,14-16,28H2,1-2H3;1-4H3;1-2H3;1-2H;1H,(H2,2,3);1H4/b25-21-;;;;;/t17?,18?,19?,20-;;;;;/m0...../s1. The summed E-state index contributed by atoms with van der Waals surface area (Å²) < 4.78 is 11.1. The first-order chi connectivity index (χ1) is 22.9. The number of allylic oxidation sites excluding steroid dienone is 1. The zero-order chi connectivity index (χ0) is 36.4. The maximum Gasteiger partial charge on any atom is 0.219 e. The van der Waals surface area contributed by atoms with Crippen molar-refractivity contribution in [1.29, 1.82) is 0 Å². The summed E-state index contributed by atoms with van der Waals surface area (Å²) in [6.45, 7) is 15.7. The van der Waals surface area contributed by atoms with Gasteiger partial charge < -0.3 is 30.7 Å². The SMILES string of the molecule is C.C#C.CC.CCC/C(C(=O)[C@H]1CCCCC1=O)=C(/N)c1nc(OCC2CCCN2C)cc(N2CC3CC3C2)n1.COC(C)(C)C.NC=O. The van der Waals surface area contributed by atoms with E-state index in [0.717, 1.165) is 63.0 Å². The molecule has 3 unspecified atom stereocenters. The summed E-state index contributed by atoms with van der Waals surface area (Å²) in [6, 6.07) is 2.29. The van der Waals surface area contributed by atoms with Crippen LogP contribution in [-0.4, -0.2) is 84.9 Å². The first kappa shape index (κ1) is 45.5. The second kappa shape index (κ2) is 23.0. The minimum Gasteiger partial charge on any atom is -0.476 e. The Balaban J connectivity index is 0.00000143. The lowest BCUT2D eigenvalue weighted by Crippen LogP contribution is -2.31. The number of fused-ring (bicyclic) bond motifs is 1. The van der Waals surface area contributed by atoms with Crippen molar-refractivity contribution < 1.29 is 23.9 Å². The largest absolute Gasteiger partial charge is 0.476 e. The number of terminal acetylenes is 1. The zero-order valence-corrected chi connectivity index (χ0v) is 30.8. The summed E-state index contributed by atoms with van der Waals surface area (Å²) in [5.41, 5.74) is 11.6. The highest BCUT2D eigenvalue weighted by molar-refractivity contribution is 6.13. The number of nitrogens with two attached hydrogens (primary N) is 2. The number of anilines is 1. The van der Waals surface area contributed by atoms with Crippen LogP contribution in [-0.2, 0) is 19.1 Å². The number of carbonyl (C=O) groups is 3. The summed E-state index contributed by atoms with van der Waals surface area (Å²) in [6.07, 6.45) is 16.0. The third-order valence-electron chi connectivity index (χ3n) is 8.93. The van der Waals surface area contributed by atoms with E-state index in [4.69, 9.17) is 25.0 Å². The Morgan fingerprint density at radius 2 is 1.69 bits per heavy atom. The predicted molar refractivity (Wildman–Crippen MR) is 200 cm³/mol. The number of carbonyl (C=O) groups excluding carboxylic acids is 3. The molecule has 4 atom stereocenters. The average Bonchev–Trinajstić information content (AvgIpc) is 3.47. The molecule has 1 aromatic rings. The van der Waals surface area contributed by atoms with Gasteiger partial charge in [0.05, 0.1) is 17.2 Å². The summed E-state index contributed by atoms with van der Waals surface area (Å²) in [5, 5.41) is 0. The zero-order valence-electron chi connectivity index (χ0n) is 30.8. The Labute approximate surface area is 297 Å². The molecular weight excluding hydrogens is 620 g/mol. The van der Waals surface area contributed by atoms with Crippen LogP contribution in [0.2, 0.25) is 0 Å². The van der Waals surface area contributed by atoms with Crippen LogP contribution in [0.1, 0.15) is 113 Å². The van der Waals surface area contributed by atoms with Gasteiger partial charge in [0.2, 0.25) is 12.3 Å². The van der Waals surface area contributed by atoms with Crippen molar-refractivity contribution in [2.45, 2.75) is 118 Å². The number of methoxy groups -OCH3 is 1. The minimum absolute atomic E-state index is 0. The van der Waals surface area contributed by atoms with Crippen molar-refractivity contribution in [3.05, 3.63) is 17.5 Å². The highest BCUT2D eigenvalue weighted by atomic mass is 16.5. The van der Waals surface area contributed by atoms with Crippen LogP contribution in [0.25, 0.3) is 5.70 Å². The predicted octanol–water partition coefficient (Wildman–Crippen LogP) is 5.65. The Bertz CT molecular complexity index is 1200. The van der Waals surface area contributed by atoms with Gasteiger partial charge in [0.1, 0.15) is 18.2 Å². The van der Waals surface area contributed by atoms with Crippen molar-refractivity contribution >= 4 is 29.5 Å².